The SMILES string of the molecule is COc1ccc(OCCNCC(=O)Nc2ccc(Cl)cc2Cl)cc1. The Morgan fingerprint density at radius 2 is 1.79 bits per heavy atom. The van der Waals surface area contributed by atoms with Gasteiger partial charge in [-0.15, -0.1) is 0 Å². The Hall–Kier alpha value is -1.95. The molecule has 0 heterocycles. The molecule has 2 aromatic carbocycles. The summed E-state index contributed by atoms with van der Waals surface area (Å²) in [5.74, 6) is 1.33. The molecule has 0 fully saturated rings. The highest BCUT2D eigenvalue weighted by Gasteiger charge is 2.06. The van der Waals surface area contributed by atoms with Crippen LogP contribution in [0, 0.1) is 0 Å². The van der Waals surface area contributed by atoms with Crippen molar-refractivity contribution in [1.82, 2.24) is 5.32 Å². The first-order chi connectivity index (χ1) is 11.6. The van der Waals surface area contributed by atoms with Crippen LogP contribution >= 0.6 is 23.2 Å². The van der Waals surface area contributed by atoms with Crippen LogP contribution in [-0.4, -0.2) is 32.7 Å². The molecule has 2 rings (SSSR count). The van der Waals surface area contributed by atoms with Gasteiger partial charge in [0.2, 0.25) is 5.91 Å². The predicted molar refractivity (Wildman–Crippen MR) is 96.5 cm³/mol. The molecule has 7 heteroatoms. The molecule has 2 N–H and O–H groups in total. The fraction of sp³-hybridized carbons (Fsp3) is 0.235. The molecule has 1 amide bonds. The average molecular weight is 369 g/mol. The van der Waals surface area contributed by atoms with Crippen LogP contribution < -0.4 is 20.1 Å². The van der Waals surface area contributed by atoms with E-state index in [9.17, 15) is 4.79 Å². The summed E-state index contributed by atoms with van der Waals surface area (Å²) in [7, 11) is 1.61. The molecular weight excluding hydrogens is 351 g/mol. The number of hydrogen-bond donors (Lipinski definition) is 2. The summed E-state index contributed by atoms with van der Waals surface area (Å²) < 4.78 is 10.6. The summed E-state index contributed by atoms with van der Waals surface area (Å²) >= 11 is 11.8. The molecule has 0 aliphatic rings. The van der Waals surface area contributed by atoms with Crippen molar-refractivity contribution in [2.45, 2.75) is 0 Å². The first kappa shape index (κ1) is 18.4. The third-order valence-electron chi connectivity index (χ3n) is 3.10. The summed E-state index contributed by atoms with van der Waals surface area (Å²) in [5, 5.41) is 6.63. The van der Waals surface area contributed by atoms with E-state index in [2.05, 4.69) is 10.6 Å². The van der Waals surface area contributed by atoms with Gasteiger partial charge in [0.05, 0.1) is 24.4 Å². The lowest BCUT2D eigenvalue weighted by Crippen LogP contribution is -2.31. The summed E-state index contributed by atoms with van der Waals surface area (Å²) in [6.45, 7) is 1.14. The number of halogens is 2. The molecule has 0 bridgehead atoms. The van der Waals surface area contributed by atoms with Crippen molar-refractivity contribution in [1.29, 1.82) is 0 Å². The number of anilines is 1. The van der Waals surface area contributed by atoms with Crippen molar-refractivity contribution in [3.05, 3.63) is 52.5 Å². The molecule has 0 spiro atoms. The molecule has 0 aliphatic heterocycles. The fourth-order valence-electron chi connectivity index (χ4n) is 1.90. The van der Waals surface area contributed by atoms with Crippen LogP contribution in [0.4, 0.5) is 5.69 Å². The Balaban J connectivity index is 1.65. The molecule has 0 atom stereocenters. The maximum atomic E-state index is 11.8. The van der Waals surface area contributed by atoms with Gasteiger partial charge in [-0.05, 0) is 42.5 Å². The van der Waals surface area contributed by atoms with Gasteiger partial charge in [0.15, 0.2) is 0 Å². The summed E-state index contributed by atoms with van der Waals surface area (Å²) in [6.07, 6.45) is 0. The van der Waals surface area contributed by atoms with Gasteiger partial charge >= 0.3 is 0 Å². The number of nitrogens with one attached hydrogen (secondary N) is 2. The Bertz CT molecular complexity index is 678. The summed E-state index contributed by atoms with van der Waals surface area (Å²) in [4.78, 5) is 11.8. The zero-order chi connectivity index (χ0) is 17.4. The van der Waals surface area contributed by atoms with E-state index in [1.165, 1.54) is 0 Å². The fourth-order valence-corrected chi connectivity index (χ4v) is 2.36. The third-order valence-corrected chi connectivity index (χ3v) is 3.65. The number of carbonyl (C=O) groups is 1. The van der Waals surface area contributed by atoms with Gasteiger partial charge < -0.3 is 20.1 Å². The minimum absolute atomic E-state index is 0.158. The van der Waals surface area contributed by atoms with Gasteiger partial charge in [0.1, 0.15) is 18.1 Å². The van der Waals surface area contributed by atoms with E-state index in [4.69, 9.17) is 32.7 Å². The Labute approximate surface area is 150 Å². The number of carbonyl (C=O) groups excluding carboxylic acids is 1. The van der Waals surface area contributed by atoms with E-state index in [1.54, 1.807) is 25.3 Å². The van der Waals surface area contributed by atoms with Crippen molar-refractivity contribution in [2.75, 3.05) is 32.1 Å². The molecule has 5 nitrogen and oxygen atoms in total. The molecule has 24 heavy (non-hydrogen) atoms. The second-order valence-corrected chi connectivity index (χ2v) is 5.72. The minimum Gasteiger partial charge on any atom is -0.497 e. The van der Waals surface area contributed by atoms with Gasteiger partial charge in [-0.1, -0.05) is 23.2 Å². The topological polar surface area (TPSA) is 59.6 Å². The molecule has 0 radical (unpaired) electrons. The molecule has 0 unspecified atom stereocenters. The number of rotatable bonds is 8. The number of benzene rings is 2. The third kappa shape index (κ3) is 5.92. The Morgan fingerprint density at radius 3 is 2.46 bits per heavy atom. The largest absolute Gasteiger partial charge is 0.497 e. The lowest BCUT2D eigenvalue weighted by Gasteiger charge is -2.09. The zero-order valence-corrected chi connectivity index (χ0v) is 14.7. The highest BCUT2D eigenvalue weighted by atomic mass is 35.5. The van der Waals surface area contributed by atoms with Gasteiger partial charge in [0, 0.05) is 11.6 Å². The van der Waals surface area contributed by atoms with Crippen LogP contribution in [0.5, 0.6) is 11.5 Å². The number of ether oxygens (including phenoxy) is 2. The molecular formula is C17H18Cl2N2O3. The number of amides is 1. The normalized spacial score (nSPS) is 10.3. The van der Waals surface area contributed by atoms with Crippen LogP contribution in [-0.2, 0) is 4.79 Å². The molecule has 2 aromatic rings. The standard InChI is InChI=1S/C17H18Cl2N2O3/c1-23-13-3-5-14(6-4-13)24-9-8-20-11-17(22)21-16-7-2-12(18)10-15(16)19/h2-7,10,20H,8-9,11H2,1H3,(H,21,22). The van der Waals surface area contributed by atoms with Crippen LogP contribution in [0.15, 0.2) is 42.5 Å². The summed E-state index contributed by atoms with van der Waals surface area (Å²) in [6, 6.07) is 12.2. The average Bonchev–Trinajstić information content (AvgIpc) is 2.57. The lowest BCUT2D eigenvalue weighted by atomic mass is 10.3. The van der Waals surface area contributed by atoms with Gasteiger partial charge in [-0.3, -0.25) is 4.79 Å². The number of hydrogen-bond acceptors (Lipinski definition) is 4. The highest BCUT2D eigenvalue weighted by molar-refractivity contribution is 6.36. The first-order valence-electron chi connectivity index (χ1n) is 7.31. The molecule has 0 saturated heterocycles. The Morgan fingerprint density at radius 1 is 1.08 bits per heavy atom. The van der Waals surface area contributed by atoms with Crippen LogP contribution in [0.2, 0.25) is 10.0 Å². The maximum Gasteiger partial charge on any atom is 0.238 e. The van der Waals surface area contributed by atoms with E-state index in [0.29, 0.717) is 28.9 Å². The number of methoxy groups -OCH3 is 1. The minimum atomic E-state index is -0.191. The smallest absolute Gasteiger partial charge is 0.238 e. The lowest BCUT2D eigenvalue weighted by molar-refractivity contribution is -0.115. The highest BCUT2D eigenvalue weighted by Crippen LogP contribution is 2.25. The van der Waals surface area contributed by atoms with Crippen molar-refractivity contribution in [3.63, 3.8) is 0 Å². The van der Waals surface area contributed by atoms with Crippen LogP contribution in [0.25, 0.3) is 0 Å². The second kappa shape index (κ2) is 9.37. The first-order valence-corrected chi connectivity index (χ1v) is 8.06. The van der Waals surface area contributed by atoms with Crippen molar-refractivity contribution < 1.29 is 14.3 Å². The van der Waals surface area contributed by atoms with E-state index in [1.807, 2.05) is 24.3 Å². The monoisotopic (exact) mass is 368 g/mol. The van der Waals surface area contributed by atoms with E-state index < -0.39 is 0 Å². The van der Waals surface area contributed by atoms with E-state index >= 15 is 0 Å². The van der Waals surface area contributed by atoms with Crippen molar-refractivity contribution in [3.8, 4) is 11.5 Å². The molecule has 0 aromatic heterocycles. The van der Waals surface area contributed by atoms with Crippen molar-refractivity contribution in [2.24, 2.45) is 0 Å². The molecule has 0 aliphatic carbocycles. The van der Waals surface area contributed by atoms with Crippen LogP contribution in [0.3, 0.4) is 0 Å². The van der Waals surface area contributed by atoms with Gasteiger partial charge in [0.25, 0.3) is 0 Å². The van der Waals surface area contributed by atoms with E-state index in [-0.39, 0.29) is 12.5 Å². The second-order valence-electron chi connectivity index (χ2n) is 4.87. The summed E-state index contributed by atoms with van der Waals surface area (Å²) in [5.41, 5.74) is 0.530. The van der Waals surface area contributed by atoms with Gasteiger partial charge in [-0.25, -0.2) is 0 Å². The molecule has 128 valence electrons. The van der Waals surface area contributed by atoms with E-state index in [0.717, 1.165) is 11.5 Å². The van der Waals surface area contributed by atoms with Crippen molar-refractivity contribution >= 4 is 34.8 Å². The Kier molecular flexibility index (Phi) is 7.18. The predicted octanol–water partition coefficient (Wildman–Crippen LogP) is 3.61. The molecule has 0 saturated carbocycles. The zero-order valence-electron chi connectivity index (χ0n) is 13.1. The maximum absolute atomic E-state index is 11.8. The van der Waals surface area contributed by atoms with Gasteiger partial charge in [-0.2, -0.15) is 0 Å². The quantitative estimate of drug-likeness (QED) is 0.698. The van der Waals surface area contributed by atoms with Crippen LogP contribution in [0.1, 0.15) is 0 Å².